The normalized spacial score (nSPS) is 12.3. The minimum absolute atomic E-state index is 0.432. The molecule has 0 aromatic carbocycles. The summed E-state index contributed by atoms with van der Waals surface area (Å²) in [5.41, 5.74) is 0. The zero-order valence-corrected chi connectivity index (χ0v) is 13.2. The number of unbranched alkanes of at least 4 members (excludes halogenated alkanes) is 9. The summed E-state index contributed by atoms with van der Waals surface area (Å²) in [5, 5.41) is 8.41. The third kappa shape index (κ3) is 12.3. The van der Waals surface area contributed by atoms with Gasteiger partial charge in [0.25, 0.3) is 0 Å². The Morgan fingerprint density at radius 1 is 1.05 bits per heavy atom. The van der Waals surface area contributed by atoms with Crippen LogP contribution in [0.5, 0.6) is 0 Å². The van der Waals surface area contributed by atoms with Crippen molar-refractivity contribution in [2.45, 2.75) is 76.4 Å². The molecule has 19 heavy (non-hydrogen) atoms. The lowest BCUT2D eigenvalue weighted by Gasteiger charge is -2.06. The lowest BCUT2D eigenvalue weighted by Crippen LogP contribution is -2.13. The van der Waals surface area contributed by atoms with Gasteiger partial charge in [-0.1, -0.05) is 70.8 Å². The second-order valence-corrected chi connectivity index (χ2v) is 6.30. The SMILES string of the molecule is C=CC(SCCCCCCCCCCCC)C(=O)O. The molecule has 0 rings (SSSR count). The summed E-state index contributed by atoms with van der Waals surface area (Å²) in [6.07, 6.45) is 14.7. The number of aliphatic carboxylic acids is 1. The van der Waals surface area contributed by atoms with Gasteiger partial charge < -0.3 is 5.11 Å². The average Bonchev–Trinajstić information content (AvgIpc) is 2.40. The third-order valence-electron chi connectivity index (χ3n) is 3.25. The number of carbonyl (C=O) groups is 1. The summed E-state index contributed by atoms with van der Waals surface area (Å²) in [6, 6.07) is 0. The molecule has 1 unspecified atom stereocenters. The van der Waals surface area contributed by atoms with Gasteiger partial charge in [0.15, 0.2) is 0 Å². The molecule has 0 saturated heterocycles. The molecule has 1 N–H and O–H groups in total. The predicted octanol–water partition coefficient (Wildman–Crippen LogP) is 5.28. The Morgan fingerprint density at radius 2 is 1.53 bits per heavy atom. The highest BCUT2D eigenvalue weighted by molar-refractivity contribution is 8.00. The number of hydrogen-bond donors (Lipinski definition) is 1. The zero-order valence-electron chi connectivity index (χ0n) is 12.4. The van der Waals surface area contributed by atoms with Crippen molar-refractivity contribution in [1.29, 1.82) is 0 Å². The lowest BCUT2D eigenvalue weighted by atomic mass is 10.1. The molecule has 0 aliphatic carbocycles. The molecule has 0 aromatic rings. The molecule has 0 spiro atoms. The summed E-state index contributed by atoms with van der Waals surface area (Å²) < 4.78 is 0. The minimum Gasteiger partial charge on any atom is -0.480 e. The predicted molar refractivity (Wildman–Crippen MR) is 85.9 cm³/mol. The summed E-state index contributed by atoms with van der Waals surface area (Å²) in [7, 11) is 0. The first kappa shape index (κ1) is 18.6. The van der Waals surface area contributed by atoms with Crippen molar-refractivity contribution in [3.63, 3.8) is 0 Å². The molecule has 0 amide bonds. The van der Waals surface area contributed by atoms with Crippen LogP contribution in [0.2, 0.25) is 0 Å². The van der Waals surface area contributed by atoms with Crippen LogP contribution in [-0.4, -0.2) is 22.1 Å². The molecule has 1 atom stereocenters. The molecular weight excluding hydrogens is 256 g/mol. The topological polar surface area (TPSA) is 37.3 Å². The maximum atomic E-state index is 10.8. The first-order chi connectivity index (χ1) is 9.22. The first-order valence-electron chi connectivity index (χ1n) is 7.69. The molecule has 2 nitrogen and oxygen atoms in total. The van der Waals surface area contributed by atoms with Crippen LogP contribution in [-0.2, 0) is 4.79 Å². The molecule has 0 bridgehead atoms. The largest absolute Gasteiger partial charge is 0.480 e. The molecule has 112 valence electrons. The molecule has 3 heteroatoms. The number of rotatable bonds is 14. The van der Waals surface area contributed by atoms with Crippen LogP contribution in [0, 0.1) is 0 Å². The van der Waals surface area contributed by atoms with E-state index in [-0.39, 0.29) is 0 Å². The third-order valence-corrected chi connectivity index (χ3v) is 4.53. The molecule has 0 aliphatic heterocycles. The van der Waals surface area contributed by atoms with E-state index in [1.54, 1.807) is 0 Å². The highest BCUT2D eigenvalue weighted by Gasteiger charge is 2.12. The van der Waals surface area contributed by atoms with Gasteiger partial charge in [-0.2, -0.15) is 0 Å². The van der Waals surface area contributed by atoms with Crippen molar-refractivity contribution < 1.29 is 9.90 Å². The van der Waals surface area contributed by atoms with Crippen LogP contribution in [0.15, 0.2) is 12.7 Å². The smallest absolute Gasteiger partial charge is 0.320 e. The number of hydrogen-bond acceptors (Lipinski definition) is 2. The summed E-state index contributed by atoms with van der Waals surface area (Å²) in [6.45, 7) is 5.80. The molecule has 0 aliphatic rings. The highest BCUT2D eigenvalue weighted by Crippen LogP contribution is 2.16. The van der Waals surface area contributed by atoms with E-state index in [0.717, 1.165) is 12.2 Å². The van der Waals surface area contributed by atoms with Crippen molar-refractivity contribution >= 4 is 17.7 Å². The molecule has 0 saturated carbocycles. The maximum Gasteiger partial charge on any atom is 0.320 e. The fourth-order valence-corrected chi connectivity index (χ4v) is 2.94. The second-order valence-electron chi connectivity index (χ2n) is 5.05. The molecule has 0 radical (unpaired) electrons. The van der Waals surface area contributed by atoms with E-state index in [0.29, 0.717) is 0 Å². The zero-order chi connectivity index (χ0) is 14.3. The van der Waals surface area contributed by atoms with Gasteiger partial charge in [0.2, 0.25) is 0 Å². The summed E-state index contributed by atoms with van der Waals surface area (Å²) in [5.74, 6) is 0.159. The van der Waals surface area contributed by atoms with Crippen LogP contribution >= 0.6 is 11.8 Å². The maximum absolute atomic E-state index is 10.8. The van der Waals surface area contributed by atoms with Gasteiger partial charge >= 0.3 is 5.97 Å². The highest BCUT2D eigenvalue weighted by atomic mass is 32.2. The van der Waals surface area contributed by atoms with Crippen LogP contribution in [0.4, 0.5) is 0 Å². The van der Waals surface area contributed by atoms with E-state index in [1.165, 1.54) is 75.6 Å². The van der Waals surface area contributed by atoms with Gasteiger partial charge in [0.05, 0.1) is 0 Å². The van der Waals surface area contributed by atoms with Crippen LogP contribution < -0.4 is 0 Å². The molecule has 0 aromatic heterocycles. The molecule has 0 heterocycles. The summed E-state index contributed by atoms with van der Waals surface area (Å²) in [4.78, 5) is 10.8. The van der Waals surface area contributed by atoms with Crippen molar-refractivity contribution in [1.82, 2.24) is 0 Å². The van der Waals surface area contributed by atoms with Crippen molar-refractivity contribution in [3.8, 4) is 0 Å². The van der Waals surface area contributed by atoms with Gasteiger partial charge in [0, 0.05) is 0 Å². The van der Waals surface area contributed by atoms with Crippen molar-refractivity contribution in [2.24, 2.45) is 0 Å². The van der Waals surface area contributed by atoms with Crippen molar-refractivity contribution in [3.05, 3.63) is 12.7 Å². The fraction of sp³-hybridized carbons (Fsp3) is 0.812. The van der Waals surface area contributed by atoms with Gasteiger partial charge in [-0.05, 0) is 12.2 Å². The lowest BCUT2D eigenvalue weighted by molar-refractivity contribution is -0.135. The van der Waals surface area contributed by atoms with E-state index in [2.05, 4.69) is 13.5 Å². The Hall–Kier alpha value is -0.440. The van der Waals surface area contributed by atoms with E-state index in [9.17, 15) is 4.79 Å². The van der Waals surface area contributed by atoms with Crippen LogP contribution in [0.25, 0.3) is 0 Å². The monoisotopic (exact) mass is 286 g/mol. The molecule has 0 fully saturated rings. The Labute approximate surface area is 123 Å². The average molecular weight is 286 g/mol. The first-order valence-corrected chi connectivity index (χ1v) is 8.74. The van der Waals surface area contributed by atoms with Gasteiger partial charge in [-0.3, -0.25) is 4.79 Å². The fourth-order valence-electron chi connectivity index (χ4n) is 2.04. The number of thioether (sulfide) groups is 1. The molecular formula is C16H30O2S. The quantitative estimate of drug-likeness (QED) is 0.349. The Bertz CT molecular complexity index is 229. The Morgan fingerprint density at radius 3 is 1.95 bits per heavy atom. The van der Waals surface area contributed by atoms with Gasteiger partial charge in [-0.25, -0.2) is 0 Å². The van der Waals surface area contributed by atoms with Gasteiger partial charge in [0.1, 0.15) is 5.25 Å². The van der Waals surface area contributed by atoms with E-state index < -0.39 is 11.2 Å². The number of carboxylic acid groups (broad SMARTS) is 1. The van der Waals surface area contributed by atoms with E-state index in [1.807, 2.05) is 0 Å². The van der Waals surface area contributed by atoms with Crippen LogP contribution in [0.1, 0.15) is 71.1 Å². The number of carboxylic acids is 1. The van der Waals surface area contributed by atoms with Crippen LogP contribution in [0.3, 0.4) is 0 Å². The van der Waals surface area contributed by atoms with E-state index in [4.69, 9.17) is 5.11 Å². The van der Waals surface area contributed by atoms with E-state index >= 15 is 0 Å². The minimum atomic E-state index is -0.771. The Balaban J connectivity index is 3.18. The van der Waals surface area contributed by atoms with Crippen molar-refractivity contribution in [2.75, 3.05) is 5.75 Å². The standard InChI is InChI=1S/C16H30O2S/c1-3-5-6-7-8-9-10-11-12-13-14-19-15(4-2)16(17)18/h4,15H,2-3,5-14H2,1H3,(H,17,18). The Kier molecular flexibility index (Phi) is 13.7. The second kappa shape index (κ2) is 14.0. The van der Waals surface area contributed by atoms with Gasteiger partial charge in [-0.15, -0.1) is 18.3 Å². The summed E-state index contributed by atoms with van der Waals surface area (Å²) >= 11 is 1.49.